The van der Waals surface area contributed by atoms with Crippen molar-refractivity contribution in [1.29, 1.82) is 0 Å². The number of benzene rings is 1. The lowest BCUT2D eigenvalue weighted by Gasteiger charge is -2.38. The van der Waals surface area contributed by atoms with E-state index >= 15 is 0 Å². The van der Waals surface area contributed by atoms with Gasteiger partial charge in [-0.15, -0.1) is 0 Å². The number of nitrogens with zero attached hydrogens (tertiary/aromatic N) is 1. The van der Waals surface area contributed by atoms with Crippen LogP contribution in [0.1, 0.15) is 32.4 Å². The van der Waals surface area contributed by atoms with Crippen molar-refractivity contribution < 1.29 is 19.1 Å². The van der Waals surface area contributed by atoms with Gasteiger partial charge < -0.3 is 19.6 Å². The summed E-state index contributed by atoms with van der Waals surface area (Å²) in [6.45, 7) is 11.1. The normalized spacial score (nSPS) is 18.6. The molecule has 2 unspecified atom stereocenters. The van der Waals surface area contributed by atoms with E-state index in [1.807, 2.05) is 43.6 Å². The second kappa shape index (κ2) is 8.66. The van der Waals surface area contributed by atoms with Gasteiger partial charge in [0.25, 0.3) is 0 Å². The topological polar surface area (TPSA) is 80.2 Å². The Morgan fingerprint density at radius 3 is 2.48 bits per heavy atom. The summed E-state index contributed by atoms with van der Waals surface area (Å²) >= 11 is 1.60. The molecule has 1 aliphatic rings. The monoisotopic (exact) mass is 410 g/mol. The molecular formula is C19H30N2O4SSi. The first-order valence-electron chi connectivity index (χ1n) is 9.02. The number of rotatable bonds is 7. The number of ether oxygens (including phenoxy) is 1. The molecule has 6 nitrogen and oxygen atoms in total. The molecule has 2 atom stereocenters. The number of aliphatic carboxylic acids is 1. The number of hydrogen-bond donors (Lipinski definition) is 2. The number of amidine groups is 1. The van der Waals surface area contributed by atoms with Crippen molar-refractivity contribution in [2.45, 2.75) is 51.0 Å². The fourth-order valence-corrected chi connectivity index (χ4v) is 4.07. The summed E-state index contributed by atoms with van der Waals surface area (Å²) in [5.41, 5.74) is 1.10. The third-order valence-corrected chi connectivity index (χ3v) is 10.2. The molecule has 0 saturated carbocycles. The van der Waals surface area contributed by atoms with E-state index < -0.39 is 20.4 Å². The average Bonchev–Trinajstić information content (AvgIpc) is 3.07. The highest BCUT2D eigenvalue weighted by Crippen LogP contribution is 2.37. The van der Waals surface area contributed by atoms with Crippen LogP contribution in [0, 0.1) is 0 Å². The molecule has 0 aliphatic carbocycles. The van der Waals surface area contributed by atoms with E-state index in [1.54, 1.807) is 11.8 Å². The Bertz CT molecular complexity index is 686. The number of carboxylic acids is 1. The molecule has 0 fully saturated rings. The first-order valence-corrected chi connectivity index (χ1v) is 13.2. The predicted octanol–water partition coefficient (Wildman–Crippen LogP) is 3.90. The number of thioether (sulfide) groups is 1. The van der Waals surface area contributed by atoms with E-state index in [2.05, 4.69) is 31.1 Å². The van der Waals surface area contributed by atoms with Gasteiger partial charge in [0.15, 0.2) is 19.6 Å². The molecule has 0 spiro atoms. The van der Waals surface area contributed by atoms with Crippen molar-refractivity contribution in [2.75, 3.05) is 19.4 Å². The highest BCUT2D eigenvalue weighted by molar-refractivity contribution is 8.13. The zero-order valence-electron chi connectivity index (χ0n) is 16.9. The molecule has 27 heavy (non-hydrogen) atoms. The standard InChI is InChI=1S/C19H30N2O4SSi/c1-19(2,3)27(5,6)25-16(17(22)23)12-24-14-9-7-13(8-10-14)15-11-20-18(21-15)26-4/h7-10,15-16H,11-12H2,1-6H3,(H,20,21)(H,22,23). The Morgan fingerprint density at radius 2 is 2.00 bits per heavy atom. The van der Waals surface area contributed by atoms with Crippen molar-refractivity contribution >= 4 is 31.2 Å². The van der Waals surface area contributed by atoms with Gasteiger partial charge in [-0.3, -0.25) is 4.99 Å². The Labute approximate surface area is 166 Å². The lowest BCUT2D eigenvalue weighted by molar-refractivity contribution is -0.147. The first-order chi connectivity index (χ1) is 12.5. The Kier molecular flexibility index (Phi) is 6.99. The van der Waals surface area contributed by atoms with Crippen molar-refractivity contribution in [3.05, 3.63) is 29.8 Å². The van der Waals surface area contributed by atoms with Gasteiger partial charge in [-0.2, -0.15) is 0 Å². The number of aliphatic imine (C=N–C) groups is 1. The summed E-state index contributed by atoms with van der Waals surface area (Å²) in [6, 6.07) is 7.76. The van der Waals surface area contributed by atoms with Crippen LogP contribution < -0.4 is 10.1 Å². The predicted molar refractivity (Wildman–Crippen MR) is 113 cm³/mol. The van der Waals surface area contributed by atoms with E-state index in [0.717, 1.165) is 17.3 Å². The summed E-state index contributed by atoms with van der Waals surface area (Å²) in [4.78, 5) is 16.2. The van der Waals surface area contributed by atoms with Crippen LogP contribution in [0.15, 0.2) is 29.3 Å². The quantitative estimate of drug-likeness (QED) is 0.664. The molecule has 0 bridgehead atoms. The zero-order valence-corrected chi connectivity index (χ0v) is 18.7. The Morgan fingerprint density at radius 1 is 1.37 bits per heavy atom. The van der Waals surface area contributed by atoms with E-state index in [9.17, 15) is 9.90 Å². The smallest absolute Gasteiger partial charge is 0.335 e. The van der Waals surface area contributed by atoms with Crippen LogP contribution in [0.2, 0.25) is 18.1 Å². The number of carbonyl (C=O) groups is 1. The van der Waals surface area contributed by atoms with Crippen LogP contribution in [0.25, 0.3) is 0 Å². The van der Waals surface area contributed by atoms with Gasteiger partial charge in [0.05, 0.1) is 6.04 Å². The minimum atomic E-state index is -2.19. The van der Waals surface area contributed by atoms with Crippen LogP contribution >= 0.6 is 11.8 Å². The number of carboxylic acid groups (broad SMARTS) is 1. The third-order valence-electron chi connectivity index (χ3n) is 5.10. The average molecular weight is 411 g/mol. The lowest BCUT2D eigenvalue weighted by Crippen LogP contribution is -2.47. The Balaban J connectivity index is 1.97. The summed E-state index contributed by atoms with van der Waals surface area (Å²) in [6.07, 6.45) is 1.02. The zero-order chi connectivity index (χ0) is 20.2. The highest BCUT2D eigenvalue weighted by atomic mass is 32.2. The molecular weight excluding hydrogens is 380 g/mol. The van der Waals surface area contributed by atoms with Crippen molar-refractivity contribution in [2.24, 2.45) is 4.99 Å². The molecule has 1 aromatic rings. The molecule has 0 radical (unpaired) electrons. The Hall–Kier alpha value is -1.51. The van der Waals surface area contributed by atoms with Crippen LogP contribution in [-0.2, 0) is 9.22 Å². The molecule has 1 aliphatic heterocycles. The summed E-state index contributed by atoms with van der Waals surface area (Å²) in [7, 11) is -2.19. The number of nitrogens with one attached hydrogen (secondary N) is 1. The van der Waals surface area contributed by atoms with Gasteiger partial charge >= 0.3 is 5.97 Å². The molecule has 150 valence electrons. The first kappa shape index (κ1) is 21.8. The van der Waals surface area contributed by atoms with Gasteiger partial charge in [0.1, 0.15) is 12.4 Å². The second-order valence-corrected chi connectivity index (χ2v) is 13.7. The minimum Gasteiger partial charge on any atom is -0.490 e. The molecule has 1 heterocycles. The lowest BCUT2D eigenvalue weighted by atomic mass is 10.1. The van der Waals surface area contributed by atoms with Gasteiger partial charge in [-0.1, -0.05) is 44.7 Å². The fraction of sp³-hybridized carbons (Fsp3) is 0.579. The van der Waals surface area contributed by atoms with E-state index in [4.69, 9.17) is 9.16 Å². The number of hydrogen-bond acceptors (Lipinski definition) is 6. The van der Waals surface area contributed by atoms with Crippen LogP contribution in [-0.4, -0.2) is 50.1 Å². The molecule has 2 N–H and O–H groups in total. The van der Waals surface area contributed by atoms with Crippen LogP contribution in [0.3, 0.4) is 0 Å². The SMILES string of the molecule is CSC1=NC(c2ccc(OCC(O[Si](C)(C)C(C)(C)C)C(=O)O)cc2)CN1. The fourth-order valence-electron chi connectivity index (χ4n) is 2.38. The molecule has 8 heteroatoms. The van der Waals surface area contributed by atoms with Crippen molar-refractivity contribution in [1.82, 2.24) is 5.32 Å². The summed E-state index contributed by atoms with van der Waals surface area (Å²) < 4.78 is 11.7. The van der Waals surface area contributed by atoms with Gasteiger partial charge in [0, 0.05) is 6.54 Å². The maximum absolute atomic E-state index is 11.6. The van der Waals surface area contributed by atoms with E-state index in [-0.39, 0.29) is 17.7 Å². The molecule has 0 aromatic heterocycles. The van der Waals surface area contributed by atoms with Crippen LogP contribution in [0.5, 0.6) is 5.75 Å². The highest BCUT2D eigenvalue weighted by Gasteiger charge is 2.41. The van der Waals surface area contributed by atoms with Crippen molar-refractivity contribution in [3.8, 4) is 5.75 Å². The third kappa shape index (κ3) is 5.73. The van der Waals surface area contributed by atoms with E-state index in [0.29, 0.717) is 5.75 Å². The summed E-state index contributed by atoms with van der Waals surface area (Å²) in [5.74, 6) is -0.365. The molecule has 1 aromatic carbocycles. The van der Waals surface area contributed by atoms with Gasteiger partial charge in [-0.05, 0) is 42.1 Å². The second-order valence-electron chi connectivity index (χ2n) is 8.12. The maximum atomic E-state index is 11.6. The minimum absolute atomic E-state index is 0.0129. The van der Waals surface area contributed by atoms with Crippen molar-refractivity contribution in [3.63, 3.8) is 0 Å². The van der Waals surface area contributed by atoms with Crippen LogP contribution in [0.4, 0.5) is 0 Å². The maximum Gasteiger partial charge on any atom is 0.335 e. The van der Waals surface area contributed by atoms with E-state index in [1.165, 1.54) is 0 Å². The van der Waals surface area contributed by atoms with Gasteiger partial charge in [0.2, 0.25) is 0 Å². The molecule has 0 amide bonds. The van der Waals surface area contributed by atoms with Gasteiger partial charge in [-0.25, -0.2) is 4.79 Å². The molecule has 2 rings (SSSR count). The summed E-state index contributed by atoms with van der Waals surface area (Å²) in [5, 5.41) is 13.7. The largest absolute Gasteiger partial charge is 0.490 e. The molecule has 0 saturated heterocycles.